The van der Waals surface area contributed by atoms with Crippen molar-refractivity contribution >= 4 is 40.9 Å². The average Bonchev–Trinajstić information content (AvgIpc) is 2.35. The maximum atomic E-state index is 11.8. The van der Waals surface area contributed by atoms with Gasteiger partial charge in [-0.2, -0.15) is 0 Å². The zero-order chi connectivity index (χ0) is 14.4. The van der Waals surface area contributed by atoms with Crippen molar-refractivity contribution in [3.8, 4) is 0 Å². The number of thioether (sulfide) groups is 1. The van der Waals surface area contributed by atoms with Crippen molar-refractivity contribution in [2.24, 2.45) is 0 Å². The minimum atomic E-state index is -0.890. The van der Waals surface area contributed by atoms with Crippen molar-refractivity contribution in [3.05, 3.63) is 28.8 Å². The minimum absolute atomic E-state index is 0.108. The van der Waals surface area contributed by atoms with Gasteiger partial charge in [0.2, 0.25) is 5.91 Å². The summed E-state index contributed by atoms with van der Waals surface area (Å²) in [5.41, 5.74) is 1.45. The Bertz CT molecular complexity index is 479. The first-order chi connectivity index (χ1) is 8.95. The molecule has 0 spiro atoms. The van der Waals surface area contributed by atoms with Gasteiger partial charge in [-0.1, -0.05) is 24.6 Å². The summed E-state index contributed by atoms with van der Waals surface area (Å²) in [6.07, 6.45) is 0.490. The first-order valence-corrected chi connectivity index (χ1v) is 7.27. The van der Waals surface area contributed by atoms with E-state index in [0.29, 0.717) is 17.1 Å². The van der Waals surface area contributed by atoms with Gasteiger partial charge in [0.15, 0.2) is 0 Å². The van der Waals surface area contributed by atoms with E-state index in [0.717, 1.165) is 17.3 Å². The van der Waals surface area contributed by atoms with Crippen LogP contribution >= 0.6 is 23.4 Å². The largest absolute Gasteiger partial charge is 0.480 e. The SMILES string of the molecule is CCC(SCC(=O)Nc1cccc(Cl)c1C)C(=O)O. The van der Waals surface area contributed by atoms with Crippen LogP contribution in [0.1, 0.15) is 18.9 Å². The summed E-state index contributed by atoms with van der Waals surface area (Å²) in [4.78, 5) is 22.6. The average molecular weight is 302 g/mol. The summed E-state index contributed by atoms with van der Waals surface area (Å²) in [6.45, 7) is 3.60. The van der Waals surface area contributed by atoms with E-state index in [4.69, 9.17) is 16.7 Å². The summed E-state index contributed by atoms with van der Waals surface area (Å²) >= 11 is 7.08. The summed E-state index contributed by atoms with van der Waals surface area (Å²) < 4.78 is 0. The number of carboxylic acids is 1. The molecule has 0 fully saturated rings. The first kappa shape index (κ1) is 15.9. The number of carbonyl (C=O) groups is 2. The monoisotopic (exact) mass is 301 g/mol. The number of carboxylic acid groups (broad SMARTS) is 1. The molecule has 1 aromatic rings. The van der Waals surface area contributed by atoms with Crippen molar-refractivity contribution in [3.63, 3.8) is 0 Å². The van der Waals surface area contributed by atoms with E-state index in [2.05, 4.69) is 5.32 Å². The summed E-state index contributed by atoms with van der Waals surface area (Å²) in [5, 5.41) is 11.7. The Balaban J connectivity index is 2.56. The molecule has 2 N–H and O–H groups in total. The van der Waals surface area contributed by atoms with Gasteiger partial charge in [0.05, 0.1) is 5.75 Å². The van der Waals surface area contributed by atoms with Crippen LogP contribution in [-0.2, 0) is 9.59 Å². The maximum Gasteiger partial charge on any atom is 0.316 e. The van der Waals surface area contributed by atoms with Gasteiger partial charge in [0.1, 0.15) is 5.25 Å². The lowest BCUT2D eigenvalue weighted by atomic mass is 10.2. The zero-order valence-corrected chi connectivity index (χ0v) is 12.3. The molecule has 0 aliphatic carbocycles. The lowest BCUT2D eigenvalue weighted by molar-refractivity contribution is -0.136. The van der Waals surface area contributed by atoms with Crippen molar-refractivity contribution in [2.75, 3.05) is 11.1 Å². The van der Waals surface area contributed by atoms with E-state index in [1.807, 2.05) is 6.92 Å². The van der Waals surface area contributed by atoms with Crippen LogP contribution in [0.4, 0.5) is 5.69 Å². The highest BCUT2D eigenvalue weighted by atomic mass is 35.5. The lowest BCUT2D eigenvalue weighted by Crippen LogP contribution is -2.21. The van der Waals surface area contributed by atoms with E-state index < -0.39 is 11.2 Å². The summed E-state index contributed by atoms with van der Waals surface area (Å²) in [6, 6.07) is 5.27. The van der Waals surface area contributed by atoms with E-state index in [1.54, 1.807) is 25.1 Å². The van der Waals surface area contributed by atoms with Crippen LogP contribution < -0.4 is 5.32 Å². The number of hydrogen-bond donors (Lipinski definition) is 2. The second-order valence-electron chi connectivity index (χ2n) is 4.01. The molecule has 1 unspecified atom stereocenters. The van der Waals surface area contributed by atoms with Crippen LogP contribution in [0.25, 0.3) is 0 Å². The fourth-order valence-corrected chi connectivity index (χ4v) is 2.45. The minimum Gasteiger partial charge on any atom is -0.480 e. The fourth-order valence-electron chi connectivity index (χ4n) is 1.47. The molecule has 1 amide bonds. The standard InChI is InChI=1S/C13H16ClNO3S/c1-3-11(13(17)18)19-7-12(16)15-10-6-4-5-9(14)8(10)2/h4-6,11H,3,7H2,1-2H3,(H,15,16)(H,17,18). The van der Waals surface area contributed by atoms with Gasteiger partial charge in [-0.05, 0) is 31.0 Å². The number of rotatable bonds is 6. The molecule has 19 heavy (non-hydrogen) atoms. The third kappa shape index (κ3) is 4.76. The normalized spacial score (nSPS) is 11.9. The number of benzene rings is 1. The Morgan fingerprint density at radius 2 is 2.16 bits per heavy atom. The third-order valence-corrected chi connectivity index (χ3v) is 4.38. The Labute approximate surface area is 121 Å². The summed E-state index contributed by atoms with van der Waals surface area (Å²) in [7, 11) is 0. The molecule has 1 atom stereocenters. The Morgan fingerprint density at radius 3 is 2.74 bits per heavy atom. The molecule has 0 aliphatic rings. The van der Waals surface area contributed by atoms with Gasteiger partial charge in [0.25, 0.3) is 0 Å². The van der Waals surface area contributed by atoms with E-state index >= 15 is 0 Å². The van der Waals surface area contributed by atoms with Crippen molar-refractivity contribution in [2.45, 2.75) is 25.5 Å². The number of hydrogen-bond acceptors (Lipinski definition) is 3. The summed E-state index contributed by atoms with van der Waals surface area (Å²) in [5.74, 6) is -1.01. The number of amides is 1. The van der Waals surface area contributed by atoms with Crippen molar-refractivity contribution < 1.29 is 14.7 Å². The van der Waals surface area contributed by atoms with E-state index in [9.17, 15) is 9.59 Å². The van der Waals surface area contributed by atoms with Gasteiger partial charge < -0.3 is 10.4 Å². The van der Waals surface area contributed by atoms with Crippen LogP contribution in [0.15, 0.2) is 18.2 Å². The van der Waals surface area contributed by atoms with Gasteiger partial charge in [0, 0.05) is 10.7 Å². The third-order valence-electron chi connectivity index (χ3n) is 2.60. The molecule has 0 radical (unpaired) electrons. The number of halogens is 1. The molecule has 6 heteroatoms. The van der Waals surface area contributed by atoms with Crippen molar-refractivity contribution in [1.29, 1.82) is 0 Å². The fraction of sp³-hybridized carbons (Fsp3) is 0.385. The molecule has 4 nitrogen and oxygen atoms in total. The molecule has 0 aromatic heterocycles. The Morgan fingerprint density at radius 1 is 1.47 bits per heavy atom. The highest BCUT2D eigenvalue weighted by Gasteiger charge is 2.17. The van der Waals surface area contributed by atoms with Gasteiger partial charge in [-0.3, -0.25) is 9.59 Å². The molecule has 1 aromatic carbocycles. The van der Waals surface area contributed by atoms with E-state index in [-0.39, 0.29) is 11.7 Å². The number of anilines is 1. The van der Waals surface area contributed by atoms with Crippen LogP contribution in [-0.4, -0.2) is 28.0 Å². The number of nitrogens with one attached hydrogen (secondary N) is 1. The lowest BCUT2D eigenvalue weighted by Gasteiger charge is -2.11. The number of aliphatic carboxylic acids is 1. The van der Waals surface area contributed by atoms with Gasteiger partial charge >= 0.3 is 5.97 Å². The van der Waals surface area contributed by atoms with Crippen LogP contribution in [0.3, 0.4) is 0 Å². The van der Waals surface area contributed by atoms with Crippen LogP contribution in [0.2, 0.25) is 5.02 Å². The molecule has 0 saturated carbocycles. The molecule has 0 bridgehead atoms. The quantitative estimate of drug-likeness (QED) is 0.847. The van der Waals surface area contributed by atoms with Crippen LogP contribution in [0, 0.1) is 6.92 Å². The predicted molar refractivity (Wildman–Crippen MR) is 79.0 cm³/mol. The van der Waals surface area contributed by atoms with Gasteiger partial charge in [-0.15, -0.1) is 11.8 Å². The maximum absolute atomic E-state index is 11.8. The van der Waals surface area contributed by atoms with Gasteiger partial charge in [-0.25, -0.2) is 0 Å². The second-order valence-corrected chi connectivity index (χ2v) is 5.60. The molecule has 0 saturated heterocycles. The highest BCUT2D eigenvalue weighted by Crippen LogP contribution is 2.23. The number of carbonyl (C=O) groups excluding carboxylic acids is 1. The zero-order valence-electron chi connectivity index (χ0n) is 10.8. The highest BCUT2D eigenvalue weighted by molar-refractivity contribution is 8.01. The Kier molecular flexibility index (Phi) is 6.18. The van der Waals surface area contributed by atoms with Crippen molar-refractivity contribution in [1.82, 2.24) is 0 Å². The van der Waals surface area contributed by atoms with Crippen LogP contribution in [0.5, 0.6) is 0 Å². The smallest absolute Gasteiger partial charge is 0.316 e. The molecule has 0 heterocycles. The molecular weight excluding hydrogens is 286 g/mol. The predicted octanol–water partition coefficient (Wildman–Crippen LogP) is 3.18. The van der Waals surface area contributed by atoms with E-state index in [1.165, 1.54) is 0 Å². The molecular formula is C13H16ClNO3S. The first-order valence-electron chi connectivity index (χ1n) is 5.85. The second kappa shape index (κ2) is 7.40. The molecule has 104 valence electrons. The topological polar surface area (TPSA) is 66.4 Å². The molecule has 0 aliphatic heterocycles. The Hall–Kier alpha value is -1.20. The molecule has 1 rings (SSSR count).